The number of carbonyl (C=O) groups is 2. The van der Waals surface area contributed by atoms with E-state index in [2.05, 4.69) is 25.5 Å². The second-order valence-corrected chi connectivity index (χ2v) is 12.5. The molecule has 1 heterocycles. The van der Waals surface area contributed by atoms with Gasteiger partial charge < -0.3 is 18.8 Å². The molecule has 0 radical (unpaired) electrons. The normalized spacial score (nSPS) is 29.7. The van der Waals surface area contributed by atoms with Gasteiger partial charge in [0.1, 0.15) is 11.4 Å². The third kappa shape index (κ3) is 5.02. The number of para-hydroxylation sites is 1. The van der Waals surface area contributed by atoms with E-state index < -0.39 is 18.9 Å². The second-order valence-electron chi connectivity index (χ2n) is 11.9. The van der Waals surface area contributed by atoms with Crippen LogP contribution in [0, 0.1) is 17.3 Å². The van der Waals surface area contributed by atoms with Crippen LogP contribution in [0.4, 0.5) is 4.79 Å². The first-order valence-electron chi connectivity index (χ1n) is 12.4. The van der Waals surface area contributed by atoms with Gasteiger partial charge in [0.25, 0.3) is 0 Å². The molecule has 3 aliphatic carbocycles. The Bertz CT molecular complexity index is 995. The summed E-state index contributed by atoms with van der Waals surface area (Å²) in [5.41, 5.74) is 0.283. The first-order valence-corrected chi connectivity index (χ1v) is 13.6. The van der Waals surface area contributed by atoms with Gasteiger partial charge in [-0.25, -0.2) is 4.79 Å². The maximum Gasteiger partial charge on any atom is 0.514 e. The SMILES string of the molecule is CSN[C@@H](Cc1cccc(C(C)=O)c1OC(=O)OC(C)(C)C)B1OC2C[C@@H]3C[C@@H](C3(C)C)[C@]2(C)O1. The standard InChI is InChI=1S/C26H38BNO6S/c1-15(29)18-11-9-10-16(22(18)31-23(30)32-24(2,3)4)12-21(28-35-8)27-33-20-14-17-13-19(25(17,5)6)26(20,7)34-27/h9-11,17,19-21,28H,12-14H2,1-8H3/t17-,19-,20?,21-,26-/m0/s1. The quantitative estimate of drug-likeness (QED) is 0.178. The molecule has 192 valence electrons. The van der Waals surface area contributed by atoms with Crippen molar-refractivity contribution in [2.45, 2.75) is 91.0 Å². The highest BCUT2D eigenvalue weighted by atomic mass is 32.2. The van der Waals surface area contributed by atoms with Crippen LogP contribution in [0.2, 0.25) is 0 Å². The average molecular weight is 503 g/mol. The van der Waals surface area contributed by atoms with Crippen LogP contribution in [0.15, 0.2) is 18.2 Å². The lowest BCUT2D eigenvalue weighted by molar-refractivity contribution is -0.199. The highest BCUT2D eigenvalue weighted by molar-refractivity contribution is 7.96. The molecular formula is C26H38BNO6S. The number of ketones is 1. The lowest BCUT2D eigenvalue weighted by atomic mass is 9.43. The van der Waals surface area contributed by atoms with E-state index in [1.807, 2.05) is 12.3 Å². The van der Waals surface area contributed by atoms with Gasteiger partial charge in [0.2, 0.25) is 0 Å². The van der Waals surface area contributed by atoms with Crippen LogP contribution in [0.5, 0.6) is 5.75 Å². The van der Waals surface area contributed by atoms with Crippen LogP contribution in [-0.2, 0) is 20.5 Å². The van der Waals surface area contributed by atoms with Crippen molar-refractivity contribution in [3.05, 3.63) is 29.3 Å². The molecule has 1 N–H and O–H groups in total. The van der Waals surface area contributed by atoms with Gasteiger partial charge in [0.05, 0.1) is 23.2 Å². The van der Waals surface area contributed by atoms with E-state index in [9.17, 15) is 9.59 Å². The Hall–Kier alpha value is -1.55. The van der Waals surface area contributed by atoms with E-state index in [4.69, 9.17) is 18.8 Å². The van der Waals surface area contributed by atoms with Gasteiger partial charge in [-0.15, -0.1) is 0 Å². The second kappa shape index (κ2) is 9.40. The molecule has 4 aliphatic rings. The zero-order valence-electron chi connectivity index (χ0n) is 22.1. The minimum atomic E-state index is -0.837. The summed E-state index contributed by atoms with van der Waals surface area (Å²) in [5.74, 6) is 0.962. The van der Waals surface area contributed by atoms with Gasteiger partial charge in [-0.05, 0) is 89.0 Å². The van der Waals surface area contributed by atoms with E-state index in [1.165, 1.54) is 25.3 Å². The first kappa shape index (κ1) is 26.5. The van der Waals surface area contributed by atoms with Gasteiger partial charge in [0, 0.05) is 0 Å². The van der Waals surface area contributed by atoms with Crippen LogP contribution in [0.25, 0.3) is 0 Å². The van der Waals surface area contributed by atoms with Crippen LogP contribution < -0.4 is 9.46 Å². The van der Waals surface area contributed by atoms with Crippen molar-refractivity contribution in [1.29, 1.82) is 0 Å². The Morgan fingerprint density at radius 1 is 1.26 bits per heavy atom. The van der Waals surface area contributed by atoms with E-state index in [0.29, 0.717) is 29.4 Å². The molecule has 7 nitrogen and oxygen atoms in total. The Morgan fingerprint density at radius 3 is 2.57 bits per heavy atom. The largest absolute Gasteiger partial charge is 0.514 e. The number of rotatable bonds is 7. The smallest absolute Gasteiger partial charge is 0.428 e. The number of carbonyl (C=O) groups excluding carboxylic acids is 2. The molecule has 5 atom stereocenters. The van der Waals surface area contributed by atoms with E-state index in [1.54, 1.807) is 32.9 Å². The molecular weight excluding hydrogens is 465 g/mol. The summed E-state index contributed by atoms with van der Waals surface area (Å²) in [6.07, 6.45) is 3.83. The average Bonchev–Trinajstić information content (AvgIpc) is 3.09. The third-order valence-electron chi connectivity index (χ3n) is 8.06. The maximum atomic E-state index is 12.5. The third-order valence-corrected chi connectivity index (χ3v) is 8.60. The van der Waals surface area contributed by atoms with Crippen LogP contribution >= 0.6 is 11.9 Å². The molecule has 0 spiro atoms. The fourth-order valence-electron chi connectivity index (χ4n) is 6.15. The van der Waals surface area contributed by atoms with Gasteiger partial charge in [-0.3, -0.25) is 9.52 Å². The number of benzene rings is 1. The van der Waals surface area contributed by atoms with Crippen molar-refractivity contribution in [3.63, 3.8) is 0 Å². The summed E-state index contributed by atoms with van der Waals surface area (Å²) in [6.45, 7) is 13.6. The zero-order valence-corrected chi connectivity index (χ0v) is 22.9. The summed E-state index contributed by atoms with van der Waals surface area (Å²) in [7, 11) is -0.456. The predicted octanol–water partition coefficient (Wildman–Crippen LogP) is 5.25. The highest BCUT2D eigenvalue weighted by Gasteiger charge is 2.68. The Kier molecular flexibility index (Phi) is 7.12. The molecule has 1 saturated heterocycles. The number of hydrogen-bond donors (Lipinski definition) is 1. The molecule has 9 heteroatoms. The lowest BCUT2D eigenvalue weighted by Gasteiger charge is -2.64. The van der Waals surface area contributed by atoms with Crippen LogP contribution in [0.1, 0.15) is 77.2 Å². The molecule has 5 rings (SSSR count). The molecule has 1 aliphatic heterocycles. The topological polar surface area (TPSA) is 83.1 Å². The van der Waals surface area contributed by atoms with Gasteiger partial charge in [-0.2, -0.15) is 0 Å². The summed E-state index contributed by atoms with van der Waals surface area (Å²) < 4.78 is 27.6. The molecule has 1 unspecified atom stereocenters. The number of ether oxygens (including phenoxy) is 2. The maximum absolute atomic E-state index is 12.5. The van der Waals surface area contributed by atoms with Crippen molar-refractivity contribution >= 4 is 31.0 Å². The summed E-state index contributed by atoms with van der Waals surface area (Å²) in [4.78, 5) is 24.9. The molecule has 3 saturated carbocycles. The van der Waals surface area contributed by atoms with Crippen molar-refractivity contribution in [3.8, 4) is 5.75 Å². The van der Waals surface area contributed by atoms with Crippen LogP contribution in [-0.4, -0.2) is 48.6 Å². The summed E-state index contributed by atoms with van der Waals surface area (Å²) in [6, 6.07) is 5.33. The molecule has 4 fully saturated rings. The highest BCUT2D eigenvalue weighted by Crippen LogP contribution is 2.65. The van der Waals surface area contributed by atoms with Crippen molar-refractivity contribution < 1.29 is 28.4 Å². The van der Waals surface area contributed by atoms with Gasteiger partial charge in [0.15, 0.2) is 5.78 Å². The summed E-state index contributed by atoms with van der Waals surface area (Å²) >= 11 is 1.49. The molecule has 1 aromatic rings. The van der Waals surface area contributed by atoms with Crippen molar-refractivity contribution in [2.24, 2.45) is 17.3 Å². The minimum Gasteiger partial charge on any atom is -0.428 e. The number of nitrogens with one attached hydrogen (secondary N) is 1. The molecule has 35 heavy (non-hydrogen) atoms. The Morgan fingerprint density at radius 2 is 1.97 bits per heavy atom. The summed E-state index contributed by atoms with van der Waals surface area (Å²) in [5, 5.41) is 0. The Balaban J connectivity index is 1.58. The first-order chi connectivity index (χ1) is 16.3. The lowest BCUT2D eigenvalue weighted by Crippen LogP contribution is -2.65. The molecule has 2 bridgehead atoms. The molecule has 0 amide bonds. The fourth-order valence-corrected chi connectivity index (χ4v) is 6.65. The number of Topliss-reactive ketones (excluding diaryl/α,β-unsaturated/α-hetero) is 1. The van der Waals surface area contributed by atoms with Crippen molar-refractivity contribution in [2.75, 3.05) is 6.26 Å². The predicted molar refractivity (Wildman–Crippen MR) is 138 cm³/mol. The van der Waals surface area contributed by atoms with E-state index in [-0.39, 0.29) is 34.6 Å². The Labute approximate surface area is 213 Å². The molecule has 0 aromatic heterocycles. The van der Waals surface area contributed by atoms with Gasteiger partial charge >= 0.3 is 13.3 Å². The monoisotopic (exact) mass is 503 g/mol. The van der Waals surface area contributed by atoms with Crippen molar-refractivity contribution in [1.82, 2.24) is 4.72 Å². The molecule has 1 aromatic carbocycles. The number of hydrogen-bond acceptors (Lipinski definition) is 8. The van der Waals surface area contributed by atoms with E-state index >= 15 is 0 Å². The minimum absolute atomic E-state index is 0.0662. The van der Waals surface area contributed by atoms with E-state index in [0.717, 1.165) is 6.42 Å². The van der Waals surface area contributed by atoms with Gasteiger partial charge in [-0.1, -0.05) is 37.9 Å². The van der Waals surface area contributed by atoms with Crippen LogP contribution in [0.3, 0.4) is 0 Å². The fraction of sp³-hybridized carbons (Fsp3) is 0.692. The zero-order chi connectivity index (χ0) is 25.8.